The van der Waals surface area contributed by atoms with Crippen LogP contribution in [0.2, 0.25) is 0 Å². The Labute approximate surface area is 132 Å². The number of nitrogens with one attached hydrogen (secondary N) is 1. The predicted molar refractivity (Wildman–Crippen MR) is 90.0 cm³/mol. The lowest BCUT2D eigenvalue weighted by Gasteiger charge is -2.18. The Balaban J connectivity index is 1.82. The number of thiophene rings is 1. The maximum atomic E-state index is 9.62. The molecule has 0 saturated carbocycles. The Morgan fingerprint density at radius 1 is 1.32 bits per heavy atom. The first-order valence-corrected chi connectivity index (χ1v) is 8.33. The standard InChI is InChI=1S/C17H17N3OS/c1-10-5-6-14-13(7-10)15-16(18-9-19-17(15)22-14)20-11-3-2-4-12(21)8-11/h2-4,8-10,21H,5-7H2,1H3,(H,18,19,20). The molecule has 1 atom stereocenters. The number of hydrogen-bond donors (Lipinski definition) is 2. The van der Waals surface area contributed by atoms with Crippen LogP contribution in [0.5, 0.6) is 5.75 Å². The molecular formula is C17H17N3OS. The van der Waals surface area contributed by atoms with Crippen molar-refractivity contribution in [1.82, 2.24) is 9.97 Å². The second kappa shape index (κ2) is 5.25. The van der Waals surface area contributed by atoms with E-state index in [1.807, 2.05) is 12.1 Å². The van der Waals surface area contributed by atoms with E-state index in [4.69, 9.17) is 0 Å². The van der Waals surface area contributed by atoms with Crippen molar-refractivity contribution in [2.75, 3.05) is 5.32 Å². The molecule has 22 heavy (non-hydrogen) atoms. The maximum Gasteiger partial charge on any atom is 0.142 e. The van der Waals surface area contributed by atoms with E-state index in [1.165, 1.54) is 16.9 Å². The molecule has 3 aromatic rings. The third-order valence-electron chi connectivity index (χ3n) is 4.20. The summed E-state index contributed by atoms with van der Waals surface area (Å²) >= 11 is 1.79. The molecule has 0 spiro atoms. The number of anilines is 2. The van der Waals surface area contributed by atoms with Crippen LogP contribution in [0.1, 0.15) is 23.8 Å². The van der Waals surface area contributed by atoms with Gasteiger partial charge in [0.25, 0.3) is 0 Å². The molecule has 0 saturated heterocycles. The van der Waals surface area contributed by atoms with E-state index < -0.39 is 0 Å². The van der Waals surface area contributed by atoms with Gasteiger partial charge in [-0.3, -0.25) is 0 Å². The molecule has 0 fully saturated rings. The Bertz CT molecular complexity index is 843. The number of rotatable bonds is 2. The summed E-state index contributed by atoms with van der Waals surface area (Å²) in [7, 11) is 0. The van der Waals surface area contributed by atoms with Crippen LogP contribution in [0.4, 0.5) is 11.5 Å². The van der Waals surface area contributed by atoms with E-state index in [9.17, 15) is 5.11 Å². The van der Waals surface area contributed by atoms with Crippen LogP contribution < -0.4 is 5.32 Å². The molecule has 1 aromatic carbocycles. The van der Waals surface area contributed by atoms with E-state index >= 15 is 0 Å². The SMILES string of the molecule is CC1CCc2sc3ncnc(Nc4cccc(O)c4)c3c2C1. The van der Waals surface area contributed by atoms with Gasteiger partial charge in [0.2, 0.25) is 0 Å². The first kappa shape index (κ1) is 13.5. The second-order valence-corrected chi connectivity index (χ2v) is 7.01. The zero-order chi connectivity index (χ0) is 15.1. The molecule has 0 amide bonds. The molecule has 2 aromatic heterocycles. The van der Waals surface area contributed by atoms with Crippen molar-refractivity contribution in [3.8, 4) is 5.75 Å². The first-order valence-electron chi connectivity index (χ1n) is 7.52. The number of phenols is 1. The van der Waals surface area contributed by atoms with Gasteiger partial charge in [-0.15, -0.1) is 11.3 Å². The molecule has 5 heteroatoms. The Hall–Kier alpha value is -2.14. The second-order valence-electron chi connectivity index (χ2n) is 5.93. The van der Waals surface area contributed by atoms with Crippen LogP contribution in [0.3, 0.4) is 0 Å². The third kappa shape index (κ3) is 2.31. The van der Waals surface area contributed by atoms with E-state index in [0.29, 0.717) is 5.92 Å². The summed E-state index contributed by atoms with van der Waals surface area (Å²) in [5.41, 5.74) is 2.24. The minimum atomic E-state index is 0.247. The van der Waals surface area contributed by atoms with E-state index in [-0.39, 0.29) is 5.75 Å². The van der Waals surface area contributed by atoms with Gasteiger partial charge < -0.3 is 10.4 Å². The highest BCUT2D eigenvalue weighted by atomic mass is 32.1. The van der Waals surface area contributed by atoms with Gasteiger partial charge >= 0.3 is 0 Å². The highest BCUT2D eigenvalue weighted by Gasteiger charge is 2.23. The van der Waals surface area contributed by atoms with Gasteiger partial charge in [-0.1, -0.05) is 13.0 Å². The van der Waals surface area contributed by atoms with E-state index in [0.717, 1.165) is 34.6 Å². The number of benzene rings is 1. The number of aromatic hydroxyl groups is 1. The van der Waals surface area contributed by atoms with Crippen LogP contribution in [0, 0.1) is 5.92 Å². The van der Waals surface area contributed by atoms with Gasteiger partial charge in [-0.2, -0.15) is 0 Å². The van der Waals surface area contributed by atoms with Crippen molar-refractivity contribution in [3.63, 3.8) is 0 Å². The molecule has 2 N–H and O–H groups in total. The lowest BCUT2D eigenvalue weighted by molar-refractivity contribution is 0.475. The summed E-state index contributed by atoms with van der Waals surface area (Å²) in [6.07, 6.45) is 5.10. The monoisotopic (exact) mass is 311 g/mol. The van der Waals surface area contributed by atoms with Gasteiger partial charge in [0.1, 0.15) is 22.7 Å². The minimum absolute atomic E-state index is 0.247. The van der Waals surface area contributed by atoms with Gasteiger partial charge in [0.05, 0.1) is 5.39 Å². The average molecular weight is 311 g/mol. The number of aromatic nitrogens is 2. The fraction of sp³-hybridized carbons (Fsp3) is 0.294. The molecule has 1 aliphatic carbocycles. The predicted octanol–water partition coefficient (Wildman–Crippen LogP) is 4.27. The van der Waals surface area contributed by atoms with Crippen molar-refractivity contribution in [2.24, 2.45) is 5.92 Å². The number of nitrogens with zero attached hydrogens (tertiary/aromatic N) is 2. The maximum absolute atomic E-state index is 9.62. The fourth-order valence-corrected chi connectivity index (χ4v) is 4.28. The summed E-state index contributed by atoms with van der Waals surface area (Å²) in [4.78, 5) is 11.4. The van der Waals surface area contributed by atoms with Crippen molar-refractivity contribution in [2.45, 2.75) is 26.2 Å². The Morgan fingerprint density at radius 3 is 3.09 bits per heavy atom. The van der Waals surface area contributed by atoms with Crippen molar-refractivity contribution >= 4 is 33.1 Å². The Kier molecular flexibility index (Phi) is 3.22. The largest absolute Gasteiger partial charge is 0.508 e. The van der Waals surface area contributed by atoms with Gasteiger partial charge in [0.15, 0.2) is 0 Å². The Morgan fingerprint density at radius 2 is 2.23 bits per heavy atom. The summed E-state index contributed by atoms with van der Waals surface area (Å²) in [5.74, 6) is 1.79. The quantitative estimate of drug-likeness (QED) is 0.742. The fourth-order valence-electron chi connectivity index (χ4n) is 3.10. The number of phenolic OH excluding ortho intramolecular Hbond substituents is 1. The molecule has 1 unspecified atom stereocenters. The normalized spacial score (nSPS) is 17.4. The lowest BCUT2D eigenvalue weighted by Crippen LogP contribution is -2.09. The molecule has 4 rings (SSSR count). The molecule has 0 radical (unpaired) electrons. The molecule has 0 aliphatic heterocycles. The molecular weight excluding hydrogens is 294 g/mol. The number of hydrogen-bond acceptors (Lipinski definition) is 5. The molecule has 112 valence electrons. The highest BCUT2D eigenvalue weighted by molar-refractivity contribution is 7.19. The zero-order valence-corrected chi connectivity index (χ0v) is 13.2. The number of fused-ring (bicyclic) bond motifs is 3. The molecule has 0 bridgehead atoms. The van der Waals surface area contributed by atoms with Gasteiger partial charge in [0, 0.05) is 16.6 Å². The summed E-state index contributed by atoms with van der Waals surface area (Å²) < 4.78 is 0. The van der Waals surface area contributed by atoms with Crippen LogP contribution in [0.25, 0.3) is 10.2 Å². The highest BCUT2D eigenvalue weighted by Crippen LogP contribution is 2.40. The first-order chi connectivity index (χ1) is 10.7. The van der Waals surface area contributed by atoms with Crippen LogP contribution in [0.15, 0.2) is 30.6 Å². The van der Waals surface area contributed by atoms with Crippen molar-refractivity contribution < 1.29 is 5.11 Å². The molecule has 4 nitrogen and oxygen atoms in total. The summed E-state index contributed by atoms with van der Waals surface area (Å²) in [6, 6.07) is 7.11. The van der Waals surface area contributed by atoms with Crippen molar-refractivity contribution in [3.05, 3.63) is 41.0 Å². The minimum Gasteiger partial charge on any atom is -0.508 e. The van der Waals surface area contributed by atoms with Crippen molar-refractivity contribution in [1.29, 1.82) is 0 Å². The molecule has 2 heterocycles. The topological polar surface area (TPSA) is 58.0 Å². The van der Waals surface area contributed by atoms with Gasteiger partial charge in [-0.05, 0) is 42.9 Å². The van der Waals surface area contributed by atoms with Crippen LogP contribution >= 0.6 is 11.3 Å². The van der Waals surface area contributed by atoms with E-state index in [2.05, 4.69) is 22.2 Å². The summed E-state index contributed by atoms with van der Waals surface area (Å²) in [5, 5.41) is 14.1. The molecule has 1 aliphatic rings. The smallest absolute Gasteiger partial charge is 0.142 e. The van der Waals surface area contributed by atoms with Crippen LogP contribution in [-0.4, -0.2) is 15.1 Å². The van der Waals surface area contributed by atoms with Gasteiger partial charge in [-0.25, -0.2) is 9.97 Å². The van der Waals surface area contributed by atoms with E-state index in [1.54, 1.807) is 29.8 Å². The van der Waals surface area contributed by atoms with Crippen LogP contribution in [-0.2, 0) is 12.8 Å². The lowest BCUT2D eigenvalue weighted by atomic mass is 9.88. The average Bonchev–Trinajstić information content (AvgIpc) is 2.86. The third-order valence-corrected chi connectivity index (χ3v) is 5.40. The zero-order valence-electron chi connectivity index (χ0n) is 12.3. The summed E-state index contributed by atoms with van der Waals surface area (Å²) in [6.45, 7) is 2.30. The number of aryl methyl sites for hydroxylation is 1.